The van der Waals surface area contributed by atoms with Crippen LogP contribution in [0.2, 0.25) is 5.02 Å². The molecule has 0 saturated carbocycles. The van der Waals surface area contributed by atoms with Crippen LogP contribution < -0.4 is 9.62 Å². The summed E-state index contributed by atoms with van der Waals surface area (Å²) in [6.07, 6.45) is 2.18. The molecule has 0 aromatic heterocycles. The van der Waals surface area contributed by atoms with Gasteiger partial charge in [-0.2, -0.15) is 0 Å². The molecule has 0 fully saturated rings. The Morgan fingerprint density at radius 2 is 1.70 bits per heavy atom. The summed E-state index contributed by atoms with van der Waals surface area (Å²) in [5.41, 5.74) is 1.13. The molecule has 0 spiro atoms. The molecule has 1 N–H and O–H groups in total. The number of sulfonamides is 1. The molecule has 2 aromatic rings. The minimum atomic E-state index is -3.79. The van der Waals surface area contributed by atoms with Gasteiger partial charge in [0, 0.05) is 17.6 Å². The zero-order valence-corrected chi connectivity index (χ0v) is 21.1. The number of carbonyl (C=O) groups is 2. The van der Waals surface area contributed by atoms with Gasteiger partial charge in [-0.25, -0.2) is 8.42 Å². The van der Waals surface area contributed by atoms with Crippen molar-refractivity contribution in [2.24, 2.45) is 0 Å². The van der Waals surface area contributed by atoms with Crippen LogP contribution >= 0.6 is 11.6 Å². The van der Waals surface area contributed by atoms with E-state index in [0.717, 1.165) is 22.5 Å². The molecule has 0 bridgehead atoms. The highest BCUT2D eigenvalue weighted by Gasteiger charge is 2.32. The molecular formula is C24H32ClN3O4S. The Morgan fingerprint density at radius 1 is 1.03 bits per heavy atom. The number of rotatable bonds is 11. The average Bonchev–Trinajstić information content (AvgIpc) is 2.76. The van der Waals surface area contributed by atoms with Gasteiger partial charge >= 0.3 is 0 Å². The third kappa shape index (κ3) is 7.75. The minimum Gasteiger partial charge on any atom is -0.352 e. The fraction of sp³-hybridized carbons (Fsp3) is 0.417. The maximum atomic E-state index is 13.5. The van der Waals surface area contributed by atoms with Crippen molar-refractivity contribution in [1.29, 1.82) is 0 Å². The van der Waals surface area contributed by atoms with Crippen molar-refractivity contribution >= 4 is 39.1 Å². The quantitative estimate of drug-likeness (QED) is 0.515. The molecule has 2 aromatic carbocycles. The second-order valence-corrected chi connectivity index (χ2v) is 10.3. The molecule has 0 aliphatic rings. The van der Waals surface area contributed by atoms with Crippen molar-refractivity contribution < 1.29 is 18.0 Å². The highest BCUT2D eigenvalue weighted by Crippen LogP contribution is 2.23. The van der Waals surface area contributed by atoms with Gasteiger partial charge in [0.05, 0.1) is 11.9 Å². The predicted molar refractivity (Wildman–Crippen MR) is 133 cm³/mol. The number of hydrogen-bond donors (Lipinski definition) is 1. The summed E-state index contributed by atoms with van der Waals surface area (Å²) in [4.78, 5) is 28.0. The number of halogens is 1. The first-order chi connectivity index (χ1) is 15.6. The van der Waals surface area contributed by atoms with Gasteiger partial charge in [-0.3, -0.25) is 13.9 Å². The number of benzene rings is 2. The van der Waals surface area contributed by atoms with Crippen molar-refractivity contribution in [1.82, 2.24) is 10.2 Å². The Labute approximate surface area is 201 Å². The van der Waals surface area contributed by atoms with Crippen molar-refractivity contribution in [3.05, 3.63) is 65.2 Å². The zero-order valence-electron chi connectivity index (χ0n) is 19.5. The van der Waals surface area contributed by atoms with Gasteiger partial charge in [0.25, 0.3) is 0 Å². The predicted octanol–water partition coefficient (Wildman–Crippen LogP) is 3.83. The van der Waals surface area contributed by atoms with Crippen LogP contribution in [0.3, 0.4) is 0 Å². The summed E-state index contributed by atoms with van der Waals surface area (Å²) in [5, 5.41) is 3.30. The summed E-state index contributed by atoms with van der Waals surface area (Å²) in [5.74, 6) is -0.736. The lowest BCUT2D eigenvalue weighted by molar-refractivity contribution is -0.140. The third-order valence-electron chi connectivity index (χ3n) is 5.36. The number of nitrogens with zero attached hydrogens (tertiary/aromatic N) is 2. The first kappa shape index (κ1) is 26.7. The molecule has 0 aliphatic carbocycles. The highest BCUT2D eigenvalue weighted by molar-refractivity contribution is 7.92. The minimum absolute atomic E-state index is 0.0424. The Hall–Kier alpha value is -2.58. The highest BCUT2D eigenvalue weighted by atomic mass is 35.5. The van der Waals surface area contributed by atoms with E-state index in [1.54, 1.807) is 18.2 Å². The SMILES string of the molecule is CC[C@H](C)NC(=O)[C@H](CC)N(Cc1ccccc1)C(=O)CN(c1cccc(Cl)c1)S(C)(=O)=O. The molecule has 0 radical (unpaired) electrons. The molecular weight excluding hydrogens is 462 g/mol. The maximum absolute atomic E-state index is 13.5. The normalized spacial score (nSPS) is 13.1. The smallest absolute Gasteiger partial charge is 0.244 e. The second-order valence-electron chi connectivity index (χ2n) is 8.00. The molecule has 9 heteroatoms. The molecule has 2 atom stereocenters. The molecule has 0 aliphatic heterocycles. The van der Waals surface area contributed by atoms with Crippen molar-refractivity contribution in [2.45, 2.75) is 52.2 Å². The Kier molecular flexibility index (Phi) is 9.73. The number of carbonyl (C=O) groups excluding carboxylic acids is 2. The lowest BCUT2D eigenvalue weighted by Gasteiger charge is -2.33. The van der Waals surface area contributed by atoms with E-state index in [4.69, 9.17) is 11.6 Å². The Morgan fingerprint density at radius 3 is 2.24 bits per heavy atom. The van der Waals surface area contributed by atoms with Crippen LogP contribution in [0.5, 0.6) is 0 Å². The number of nitrogens with one attached hydrogen (secondary N) is 1. The first-order valence-corrected chi connectivity index (χ1v) is 13.2. The summed E-state index contributed by atoms with van der Waals surface area (Å²) in [6, 6.07) is 14.8. The van der Waals surface area contributed by atoms with Gasteiger partial charge in [0.15, 0.2) is 0 Å². The average molecular weight is 494 g/mol. The van der Waals surface area contributed by atoms with Crippen LogP contribution in [0, 0.1) is 0 Å². The molecule has 2 amide bonds. The number of amides is 2. The monoisotopic (exact) mass is 493 g/mol. The van der Waals surface area contributed by atoms with Crippen molar-refractivity contribution in [3.8, 4) is 0 Å². The molecule has 180 valence electrons. The van der Waals surface area contributed by atoms with Gasteiger partial charge in [0.2, 0.25) is 21.8 Å². The molecule has 2 rings (SSSR count). The lowest BCUT2D eigenvalue weighted by Crippen LogP contribution is -2.53. The number of hydrogen-bond acceptors (Lipinski definition) is 4. The standard InChI is InChI=1S/C24H32ClN3O4S/c1-5-18(3)26-24(30)22(6-2)27(16-19-11-8-7-9-12-19)23(29)17-28(33(4,31)32)21-14-10-13-20(25)15-21/h7-15,18,22H,5-6,16-17H2,1-4H3,(H,26,30)/t18-,22-/m0/s1. The van der Waals surface area contributed by atoms with Crippen LogP contribution in [0.25, 0.3) is 0 Å². The molecule has 0 saturated heterocycles. The van der Waals surface area contributed by atoms with Crippen molar-refractivity contribution in [3.63, 3.8) is 0 Å². The van der Waals surface area contributed by atoms with E-state index in [1.807, 2.05) is 51.1 Å². The topological polar surface area (TPSA) is 86.8 Å². The van der Waals surface area contributed by atoms with E-state index in [9.17, 15) is 18.0 Å². The van der Waals surface area contributed by atoms with Gasteiger partial charge in [-0.1, -0.05) is 61.8 Å². The van der Waals surface area contributed by atoms with Crippen LogP contribution in [0.4, 0.5) is 5.69 Å². The number of anilines is 1. The second kappa shape index (κ2) is 12.0. The van der Waals surface area contributed by atoms with Gasteiger partial charge in [-0.15, -0.1) is 0 Å². The summed E-state index contributed by atoms with van der Waals surface area (Å²) >= 11 is 6.05. The summed E-state index contributed by atoms with van der Waals surface area (Å²) < 4.78 is 26.1. The summed E-state index contributed by atoms with van der Waals surface area (Å²) in [6.45, 7) is 5.43. The van der Waals surface area contributed by atoms with Crippen LogP contribution in [-0.2, 0) is 26.2 Å². The molecule has 0 unspecified atom stereocenters. The molecule has 0 heterocycles. The van der Waals surface area contributed by atoms with E-state index in [0.29, 0.717) is 11.4 Å². The van der Waals surface area contributed by atoms with E-state index in [-0.39, 0.29) is 24.2 Å². The van der Waals surface area contributed by atoms with Gasteiger partial charge < -0.3 is 10.2 Å². The van der Waals surface area contributed by atoms with Crippen LogP contribution in [-0.4, -0.2) is 50.0 Å². The fourth-order valence-corrected chi connectivity index (χ4v) is 4.41. The van der Waals surface area contributed by atoms with E-state index < -0.39 is 28.5 Å². The Bertz CT molecular complexity index is 1050. The van der Waals surface area contributed by atoms with E-state index >= 15 is 0 Å². The van der Waals surface area contributed by atoms with Gasteiger partial charge in [0.1, 0.15) is 12.6 Å². The zero-order chi connectivity index (χ0) is 24.6. The lowest BCUT2D eigenvalue weighted by atomic mass is 10.1. The first-order valence-electron chi connectivity index (χ1n) is 10.9. The van der Waals surface area contributed by atoms with Crippen molar-refractivity contribution in [2.75, 3.05) is 17.1 Å². The van der Waals surface area contributed by atoms with E-state index in [1.165, 1.54) is 11.0 Å². The van der Waals surface area contributed by atoms with E-state index in [2.05, 4.69) is 5.32 Å². The largest absolute Gasteiger partial charge is 0.352 e. The van der Waals surface area contributed by atoms with Crippen LogP contribution in [0.15, 0.2) is 54.6 Å². The third-order valence-corrected chi connectivity index (χ3v) is 6.73. The van der Waals surface area contributed by atoms with Gasteiger partial charge in [-0.05, 0) is 43.5 Å². The molecule has 7 nitrogen and oxygen atoms in total. The summed E-state index contributed by atoms with van der Waals surface area (Å²) in [7, 11) is -3.79. The molecule has 33 heavy (non-hydrogen) atoms. The Balaban J connectivity index is 2.41. The van der Waals surface area contributed by atoms with Crippen LogP contribution in [0.1, 0.15) is 39.2 Å². The maximum Gasteiger partial charge on any atom is 0.244 e. The fourth-order valence-electron chi connectivity index (χ4n) is 3.39.